The van der Waals surface area contributed by atoms with E-state index in [-0.39, 0.29) is 0 Å². The lowest BCUT2D eigenvalue weighted by Gasteiger charge is -2.10. The van der Waals surface area contributed by atoms with E-state index in [1.165, 1.54) is 22.3 Å². The predicted molar refractivity (Wildman–Crippen MR) is 77.2 cm³/mol. The van der Waals surface area contributed by atoms with Crippen LogP contribution in [0.15, 0.2) is 40.0 Å². The van der Waals surface area contributed by atoms with Crippen molar-refractivity contribution in [2.45, 2.75) is 27.2 Å². The summed E-state index contributed by atoms with van der Waals surface area (Å²) in [6.45, 7) is 6.58. The van der Waals surface area contributed by atoms with Gasteiger partial charge in [0.25, 0.3) is 0 Å². The van der Waals surface area contributed by atoms with E-state index in [9.17, 15) is 0 Å². The van der Waals surface area contributed by atoms with E-state index in [2.05, 4.69) is 77.8 Å². The van der Waals surface area contributed by atoms with Crippen molar-refractivity contribution in [2.75, 3.05) is 0 Å². The fraction of sp³-hybridized carbons (Fsp3) is 0.286. The Bertz CT molecular complexity index is 386. The Morgan fingerprint density at radius 3 is 2.53 bits per heavy atom. The molecule has 0 radical (unpaired) electrons. The number of halogens is 1. The van der Waals surface area contributed by atoms with Gasteiger partial charge in [0.05, 0.1) is 0 Å². The van der Waals surface area contributed by atoms with Gasteiger partial charge in [0, 0.05) is 0 Å². The van der Waals surface area contributed by atoms with Gasteiger partial charge in [-0.25, -0.2) is 0 Å². The van der Waals surface area contributed by atoms with Gasteiger partial charge >= 0.3 is 0 Å². The van der Waals surface area contributed by atoms with Crippen LogP contribution in [-0.4, -0.2) is 0 Å². The summed E-state index contributed by atoms with van der Waals surface area (Å²) in [5, 5.41) is 0. The first-order chi connectivity index (χ1) is 7.20. The van der Waals surface area contributed by atoms with Crippen molar-refractivity contribution < 1.29 is 0 Å². The molecule has 0 bridgehead atoms. The number of aryl methyl sites for hydroxylation is 1. The second-order valence-electron chi connectivity index (χ2n) is 3.66. The predicted octanol–water partition coefficient (Wildman–Crippen LogP) is 5.13. The lowest BCUT2D eigenvalue weighted by Crippen LogP contribution is -1.89. The Morgan fingerprint density at radius 1 is 1.33 bits per heavy atom. The molecule has 0 N–H and O–H groups in total. The van der Waals surface area contributed by atoms with Crippen LogP contribution in [0.5, 0.6) is 0 Å². The van der Waals surface area contributed by atoms with Crippen LogP contribution in [0.1, 0.15) is 31.4 Å². The van der Waals surface area contributed by atoms with Crippen LogP contribution in [0.25, 0.3) is 5.57 Å². The van der Waals surface area contributed by atoms with E-state index >= 15 is 0 Å². The van der Waals surface area contributed by atoms with Crippen molar-refractivity contribution in [2.24, 2.45) is 0 Å². The van der Waals surface area contributed by atoms with E-state index < -0.39 is 0 Å². The number of hydrogen-bond donors (Lipinski definition) is 0. The maximum Gasteiger partial charge on any atom is -0.0155 e. The van der Waals surface area contributed by atoms with Gasteiger partial charge in [-0.2, -0.15) is 0 Å². The number of benzene rings is 1. The Morgan fingerprint density at radius 2 is 2.00 bits per heavy atom. The topological polar surface area (TPSA) is 0 Å². The molecule has 80 valence electrons. The van der Waals surface area contributed by atoms with Crippen LogP contribution in [0.4, 0.5) is 0 Å². The summed E-state index contributed by atoms with van der Waals surface area (Å²) in [6.07, 6.45) is 3.30. The molecule has 0 atom stereocenters. The minimum atomic E-state index is 1.10. The molecular weight excluding hydrogens is 295 g/mol. The van der Waals surface area contributed by atoms with Gasteiger partial charge in [0.1, 0.15) is 0 Å². The molecular formula is C14H17I. The van der Waals surface area contributed by atoms with E-state index in [1.807, 2.05) is 0 Å². The third-order valence-electron chi connectivity index (χ3n) is 2.66. The van der Waals surface area contributed by atoms with Gasteiger partial charge in [-0.05, 0) is 47.1 Å². The lowest BCUT2D eigenvalue weighted by atomic mass is 9.96. The van der Waals surface area contributed by atoms with Crippen LogP contribution in [0, 0.1) is 6.92 Å². The normalized spacial score (nSPS) is 13.1. The maximum absolute atomic E-state index is 2.28. The molecule has 0 unspecified atom stereocenters. The quantitative estimate of drug-likeness (QED) is 0.536. The van der Waals surface area contributed by atoms with Crippen LogP contribution in [0.2, 0.25) is 0 Å². The molecule has 0 amide bonds. The fourth-order valence-corrected chi connectivity index (χ4v) is 1.95. The molecule has 1 aromatic rings. The molecule has 1 heteroatoms. The highest BCUT2D eigenvalue weighted by Crippen LogP contribution is 2.25. The fourth-order valence-electron chi connectivity index (χ4n) is 1.59. The monoisotopic (exact) mass is 312 g/mol. The lowest BCUT2D eigenvalue weighted by molar-refractivity contribution is 1.10. The van der Waals surface area contributed by atoms with Gasteiger partial charge in [0.15, 0.2) is 0 Å². The zero-order chi connectivity index (χ0) is 11.3. The minimum Gasteiger partial charge on any atom is -0.0657 e. The van der Waals surface area contributed by atoms with Gasteiger partial charge in [-0.1, -0.05) is 59.4 Å². The van der Waals surface area contributed by atoms with E-state index in [0.717, 1.165) is 6.42 Å². The highest BCUT2D eigenvalue weighted by Gasteiger charge is 2.03. The molecule has 0 aliphatic heterocycles. The summed E-state index contributed by atoms with van der Waals surface area (Å²) in [4.78, 5) is 0. The SMILES string of the molecule is CC/C(C)=C(\C=C/I)c1ccccc1C. The zero-order valence-electron chi connectivity index (χ0n) is 9.55. The van der Waals surface area contributed by atoms with Crippen LogP contribution < -0.4 is 0 Å². The first-order valence-corrected chi connectivity index (χ1v) is 6.47. The first kappa shape index (κ1) is 12.5. The van der Waals surface area contributed by atoms with E-state index in [1.54, 1.807) is 0 Å². The minimum absolute atomic E-state index is 1.10. The molecule has 0 saturated heterocycles. The standard InChI is InChI=1S/C14H17I/c1-4-11(2)14(9-10-15)13-8-6-5-7-12(13)3/h5-10H,4H2,1-3H3/b10-9-,14-11+. The molecule has 0 heterocycles. The molecule has 0 nitrogen and oxygen atoms in total. The van der Waals surface area contributed by atoms with Gasteiger partial charge in [0.2, 0.25) is 0 Å². The number of rotatable bonds is 3. The van der Waals surface area contributed by atoms with Crippen LogP contribution in [-0.2, 0) is 0 Å². The molecule has 1 aromatic carbocycles. The summed E-state index contributed by atoms with van der Waals surface area (Å²) in [5.41, 5.74) is 5.50. The molecule has 0 fully saturated rings. The highest BCUT2D eigenvalue weighted by molar-refractivity contribution is 14.1. The van der Waals surface area contributed by atoms with Crippen molar-refractivity contribution in [3.63, 3.8) is 0 Å². The maximum atomic E-state index is 2.28. The zero-order valence-corrected chi connectivity index (χ0v) is 11.7. The third-order valence-corrected chi connectivity index (χ3v) is 3.01. The molecule has 0 saturated carbocycles. The average Bonchev–Trinajstić information content (AvgIpc) is 2.26. The van der Waals surface area contributed by atoms with E-state index in [0.29, 0.717) is 0 Å². The second-order valence-corrected chi connectivity index (χ2v) is 4.37. The van der Waals surface area contributed by atoms with Crippen molar-refractivity contribution >= 4 is 28.2 Å². The molecule has 15 heavy (non-hydrogen) atoms. The Balaban J connectivity index is 3.29. The molecule has 0 aliphatic rings. The Hall–Kier alpha value is -0.570. The van der Waals surface area contributed by atoms with Crippen LogP contribution >= 0.6 is 22.6 Å². The summed E-state index contributed by atoms with van der Waals surface area (Å²) >= 11 is 2.28. The molecule has 0 aliphatic carbocycles. The van der Waals surface area contributed by atoms with Gasteiger partial charge in [-0.15, -0.1) is 0 Å². The third kappa shape index (κ3) is 3.20. The summed E-state index contributed by atoms with van der Waals surface area (Å²) in [7, 11) is 0. The number of allylic oxidation sites excluding steroid dienone is 3. The summed E-state index contributed by atoms with van der Waals surface area (Å²) < 4.78 is 2.08. The van der Waals surface area contributed by atoms with Crippen molar-refractivity contribution in [3.8, 4) is 0 Å². The molecule has 0 spiro atoms. The molecule has 0 aromatic heterocycles. The van der Waals surface area contributed by atoms with Gasteiger partial charge in [-0.3, -0.25) is 0 Å². The summed E-state index contributed by atoms with van der Waals surface area (Å²) in [6, 6.07) is 8.55. The van der Waals surface area contributed by atoms with Crippen molar-refractivity contribution in [1.82, 2.24) is 0 Å². The highest BCUT2D eigenvalue weighted by atomic mass is 127. The number of hydrogen-bond acceptors (Lipinski definition) is 0. The molecule has 1 rings (SSSR count). The van der Waals surface area contributed by atoms with Gasteiger partial charge < -0.3 is 0 Å². The Labute approximate surface area is 106 Å². The summed E-state index contributed by atoms with van der Waals surface area (Å²) in [5.74, 6) is 0. The van der Waals surface area contributed by atoms with Crippen LogP contribution in [0.3, 0.4) is 0 Å². The Kier molecular flexibility index (Phi) is 5.09. The smallest absolute Gasteiger partial charge is 0.0155 e. The van der Waals surface area contributed by atoms with Crippen molar-refractivity contribution in [1.29, 1.82) is 0 Å². The largest absolute Gasteiger partial charge is 0.0657 e. The van der Waals surface area contributed by atoms with Crippen molar-refractivity contribution in [3.05, 3.63) is 51.1 Å². The first-order valence-electron chi connectivity index (χ1n) is 5.23. The average molecular weight is 312 g/mol. The van der Waals surface area contributed by atoms with E-state index in [4.69, 9.17) is 0 Å². The second kappa shape index (κ2) is 6.11.